The van der Waals surface area contributed by atoms with Crippen molar-refractivity contribution in [2.24, 2.45) is 0 Å². The van der Waals surface area contributed by atoms with Crippen molar-refractivity contribution in [2.45, 2.75) is 51.0 Å². The Morgan fingerprint density at radius 1 is 1.11 bits per heavy atom. The molecule has 138 valence electrons. The Morgan fingerprint density at radius 3 is 2.81 bits per heavy atom. The summed E-state index contributed by atoms with van der Waals surface area (Å²) in [6.07, 6.45) is 2.23. The van der Waals surface area contributed by atoms with Crippen LogP contribution in [0.4, 0.5) is 0 Å². The maximum absolute atomic E-state index is 6.11. The number of rotatable bonds is 5. The van der Waals surface area contributed by atoms with E-state index in [-0.39, 0.29) is 17.8 Å². The lowest BCUT2D eigenvalue weighted by Gasteiger charge is -2.29. The SMILES string of the molecule is CC1(C)Oc2ccc(-c3nnnn3CCCc3ccccc3)cc2[C@H]2O[C@H]21. The fourth-order valence-electron chi connectivity index (χ4n) is 3.86. The minimum Gasteiger partial charge on any atom is -0.485 e. The highest BCUT2D eigenvalue weighted by Crippen LogP contribution is 2.54. The van der Waals surface area contributed by atoms with Gasteiger partial charge < -0.3 is 9.47 Å². The van der Waals surface area contributed by atoms with E-state index in [0.717, 1.165) is 42.1 Å². The summed E-state index contributed by atoms with van der Waals surface area (Å²) in [6, 6.07) is 16.6. The quantitative estimate of drug-likeness (QED) is 0.649. The molecule has 6 nitrogen and oxygen atoms in total. The molecule has 2 atom stereocenters. The van der Waals surface area contributed by atoms with Crippen molar-refractivity contribution in [2.75, 3.05) is 0 Å². The van der Waals surface area contributed by atoms with E-state index in [9.17, 15) is 0 Å². The van der Waals surface area contributed by atoms with Gasteiger partial charge in [0.25, 0.3) is 0 Å². The van der Waals surface area contributed by atoms with E-state index in [4.69, 9.17) is 9.47 Å². The first-order chi connectivity index (χ1) is 13.1. The molecule has 0 aliphatic carbocycles. The zero-order chi connectivity index (χ0) is 18.4. The second-order valence-corrected chi connectivity index (χ2v) is 7.75. The lowest BCUT2D eigenvalue weighted by Crippen LogP contribution is -2.37. The van der Waals surface area contributed by atoms with E-state index in [0.29, 0.717) is 0 Å². The fraction of sp³-hybridized carbons (Fsp3) is 0.381. The summed E-state index contributed by atoms with van der Waals surface area (Å²) in [5.74, 6) is 1.68. The van der Waals surface area contributed by atoms with Crippen LogP contribution in [0, 0.1) is 0 Å². The standard InChI is InChI=1S/C21H22N4O2/c1-21(2)19-18(26-19)16-13-15(10-11-17(16)27-21)20-22-23-24-25(20)12-6-9-14-7-4-3-5-8-14/h3-5,7-8,10-11,13,18-19H,6,9,12H2,1-2H3/t18-,19-/m1/s1. The van der Waals surface area contributed by atoms with Crippen LogP contribution in [-0.4, -0.2) is 31.9 Å². The number of epoxide rings is 1. The van der Waals surface area contributed by atoms with Crippen LogP contribution >= 0.6 is 0 Å². The summed E-state index contributed by atoms with van der Waals surface area (Å²) in [6.45, 7) is 4.92. The highest BCUT2D eigenvalue weighted by atomic mass is 16.6. The van der Waals surface area contributed by atoms with E-state index in [2.05, 4.69) is 59.7 Å². The number of nitrogens with zero attached hydrogens (tertiary/aromatic N) is 4. The first-order valence-corrected chi connectivity index (χ1v) is 9.41. The third-order valence-corrected chi connectivity index (χ3v) is 5.33. The van der Waals surface area contributed by atoms with Crippen molar-refractivity contribution < 1.29 is 9.47 Å². The molecular formula is C21H22N4O2. The van der Waals surface area contributed by atoms with Crippen LogP contribution in [0.15, 0.2) is 48.5 Å². The van der Waals surface area contributed by atoms with E-state index < -0.39 is 0 Å². The smallest absolute Gasteiger partial charge is 0.182 e. The normalized spacial score (nSPS) is 21.9. The summed E-state index contributed by atoms with van der Waals surface area (Å²) in [5.41, 5.74) is 3.14. The Morgan fingerprint density at radius 2 is 1.96 bits per heavy atom. The lowest BCUT2D eigenvalue weighted by atomic mass is 9.93. The minimum atomic E-state index is -0.280. The summed E-state index contributed by atoms with van der Waals surface area (Å²) in [4.78, 5) is 0. The topological polar surface area (TPSA) is 65.4 Å². The monoisotopic (exact) mass is 362 g/mol. The molecular weight excluding hydrogens is 340 g/mol. The average molecular weight is 362 g/mol. The number of benzene rings is 2. The third-order valence-electron chi connectivity index (χ3n) is 5.33. The Bertz CT molecular complexity index is 967. The van der Waals surface area contributed by atoms with Crippen molar-refractivity contribution in [1.82, 2.24) is 20.2 Å². The van der Waals surface area contributed by atoms with Gasteiger partial charge in [0.05, 0.1) is 0 Å². The predicted octanol–water partition coefficient (Wildman–Crippen LogP) is 3.58. The molecule has 0 unspecified atom stereocenters. The van der Waals surface area contributed by atoms with Crippen LogP contribution in [0.2, 0.25) is 0 Å². The Hall–Kier alpha value is -2.73. The molecule has 1 aromatic heterocycles. The van der Waals surface area contributed by atoms with E-state index in [1.807, 2.05) is 22.9 Å². The van der Waals surface area contributed by atoms with Gasteiger partial charge >= 0.3 is 0 Å². The number of aryl methyl sites for hydroxylation is 2. The lowest BCUT2D eigenvalue weighted by molar-refractivity contribution is 0.0725. The molecule has 2 aliphatic heterocycles. The second-order valence-electron chi connectivity index (χ2n) is 7.75. The fourth-order valence-corrected chi connectivity index (χ4v) is 3.86. The molecule has 0 spiro atoms. The molecule has 1 saturated heterocycles. The van der Waals surface area contributed by atoms with Gasteiger partial charge in [-0.05, 0) is 60.9 Å². The maximum atomic E-state index is 6.11. The largest absolute Gasteiger partial charge is 0.485 e. The molecule has 2 aliphatic rings. The molecule has 0 N–H and O–H groups in total. The number of hydrogen-bond acceptors (Lipinski definition) is 5. The molecule has 3 aromatic rings. The minimum absolute atomic E-state index is 0.117. The molecule has 27 heavy (non-hydrogen) atoms. The van der Waals surface area contributed by atoms with E-state index in [1.54, 1.807) is 0 Å². The van der Waals surface area contributed by atoms with E-state index >= 15 is 0 Å². The number of aromatic nitrogens is 4. The second kappa shape index (κ2) is 6.16. The van der Waals surface area contributed by atoms with Gasteiger partial charge in [-0.25, -0.2) is 4.68 Å². The van der Waals surface area contributed by atoms with Crippen molar-refractivity contribution >= 4 is 0 Å². The van der Waals surface area contributed by atoms with Gasteiger partial charge in [-0.2, -0.15) is 0 Å². The summed E-state index contributed by atoms with van der Waals surface area (Å²) < 4.78 is 13.8. The molecule has 6 heteroatoms. The zero-order valence-electron chi connectivity index (χ0n) is 15.5. The molecule has 1 fully saturated rings. The molecule has 0 radical (unpaired) electrons. The predicted molar refractivity (Wildman–Crippen MR) is 100 cm³/mol. The van der Waals surface area contributed by atoms with Crippen molar-refractivity contribution in [3.63, 3.8) is 0 Å². The van der Waals surface area contributed by atoms with Crippen molar-refractivity contribution in [3.8, 4) is 17.1 Å². The number of ether oxygens (including phenoxy) is 2. The van der Waals surface area contributed by atoms with Crippen molar-refractivity contribution in [3.05, 3.63) is 59.7 Å². The average Bonchev–Trinajstić information content (AvgIpc) is 3.36. The summed E-state index contributed by atoms with van der Waals surface area (Å²) >= 11 is 0. The van der Waals surface area contributed by atoms with Gasteiger partial charge in [0, 0.05) is 17.7 Å². The highest BCUT2D eigenvalue weighted by Gasteiger charge is 2.56. The third kappa shape index (κ3) is 3.00. The maximum Gasteiger partial charge on any atom is 0.182 e. The zero-order valence-corrected chi connectivity index (χ0v) is 15.5. The first-order valence-electron chi connectivity index (χ1n) is 9.41. The molecule has 0 bridgehead atoms. The summed E-state index contributed by atoms with van der Waals surface area (Å²) in [5, 5.41) is 12.3. The molecule has 3 heterocycles. The molecule has 2 aromatic carbocycles. The van der Waals surface area contributed by atoms with Crippen LogP contribution in [0.3, 0.4) is 0 Å². The van der Waals surface area contributed by atoms with Gasteiger partial charge in [0.2, 0.25) is 0 Å². The Balaban J connectivity index is 1.35. The van der Waals surface area contributed by atoms with Crippen LogP contribution in [0.1, 0.15) is 37.5 Å². The van der Waals surface area contributed by atoms with Crippen LogP contribution in [-0.2, 0) is 17.7 Å². The number of fused-ring (bicyclic) bond motifs is 3. The van der Waals surface area contributed by atoms with Gasteiger partial charge in [0.15, 0.2) is 5.82 Å². The molecule has 0 saturated carbocycles. The van der Waals surface area contributed by atoms with Gasteiger partial charge in [0.1, 0.15) is 23.6 Å². The van der Waals surface area contributed by atoms with Crippen LogP contribution in [0.25, 0.3) is 11.4 Å². The number of tetrazole rings is 1. The Kier molecular flexibility index (Phi) is 3.75. The van der Waals surface area contributed by atoms with Gasteiger partial charge in [-0.1, -0.05) is 30.3 Å². The van der Waals surface area contributed by atoms with Crippen LogP contribution < -0.4 is 4.74 Å². The first kappa shape index (κ1) is 16.4. The van der Waals surface area contributed by atoms with E-state index in [1.165, 1.54) is 5.56 Å². The van der Waals surface area contributed by atoms with Gasteiger partial charge in [-0.15, -0.1) is 5.10 Å². The Labute approximate surface area is 158 Å². The molecule has 0 amide bonds. The number of hydrogen-bond donors (Lipinski definition) is 0. The van der Waals surface area contributed by atoms with Crippen molar-refractivity contribution in [1.29, 1.82) is 0 Å². The highest BCUT2D eigenvalue weighted by molar-refractivity contribution is 5.60. The van der Waals surface area contributed by atoms with Gasteiger partial charge in [-0.3, -0.25) is 0 Å². The summed E-state index contributed by atoms with van der Waals surface area (Å²) in [7, 11) is 0. The molecule has 5 rings (SSSR count). The van der Waals surface area contributed by atoms with Crippen LogP contribution in [0.5, 0.6) is 5.75 Å².